The Balaban J connectivity index is 1.54. The Morgan fingerprint density at radius 3 is 2.27 bits per heavy atom. The predicted octanol–water partition coefficient (Wildman–Crippen LogP) is 8.02. The maximum atomic E-state index is 10.8. The normalized spacial score (nSPS) is 46.0. The van der Waals surface area contributed by atoms with Gasteiger partial charge in [0.25, 0.3) is 0 Å². The van der Waals surface area contributed by atoms with Gasteiger partial charge in [-0.2, -0.15) is 0 Å². The van der Waals surface area contributed by atoms with Crippen molar-refractivity contribution in [1.29, 1.82) is 0 Å². The van der Waals surface area contributed by atoms with Crippen molar-refractivity contribution in [2.75, 3.05) is 0 Å². The lowest BCUT2D eigenvalue weighted by Gasteiger charge is -2.62. The summed E-state index contributed by atoms with van der Waals surface area (Å²) < 4.78 is 0. The first-order chi connectivity index (χ1) is 14.0. The predicted molar refractivity (Wildman–Crippen MR) is 128 cm³/mol. The molecule has 172 valence electrons. The van der Waals surface area contributed by atoms with Crippen LogP contribution in [0.15, 0.2) is 11.6 Å². The number of aliphatic hydroxyl groups excluding tert-OH is 1. The fraction of sp³-hybridized carbons (Fsp3) is 0.931. The number of allylic oxidation sites excluding steroid dienone is 2. The number of fused-ring (bicyclic) bond motifs is 5. The van der Waals surface area contributed by atoms with E-state index in [-0.39, 0.29) is 11.5 Å². The molecule has 4 aliphatic carbocycles. The molecule has 3 fully saturated rings. The van der Waals surface area contributed by atoms with E-state index in [0.717, 1.165) is 36.0 Å². The zero-order chi connectivity index (χ0) is 21.9. The van der Waals surface area contributed by atoms with Gasteiger partial charge in [0.05, 0.1) is 6.10 Å². The van der Waals surface area contributed by atoms with Gasteiger partial charge in [-0.05, 0) is 96.7 Å². The molecule has 0 aromatic carbocycles. The average Bonchev–Trinajstić information content (AvgIpc) is 3.02. The lowest BCUT2D eigenvalue weighted by Crippen LogP contribution is -2.56. The summed E-state index contributed by atoms with van der Waals surface area (Å²) in [5.74, 6) is 4.90. The monoisotopic (exact) mass is 414 g/mol. The van der Waals surface area contributed by atoms with Crippen LogP contribution in [-0.4, -0.2) is 11.2 Å². The Kier molecular flexibility index (Phi) is 6.05. The molecule has 0 aromatic rings. The van der Waals surface area contributed by atoms with Crippen LogP contribution in [0.5, 0.6) is 0 Å². The number of hydrogen-bond acceptors (Lipinski definition) is 1. The van der Waals surface area contributed by atoms with Gasteiger partial charge in [-0.25, -0.2) is 0 Å². The first kappa shape index (κ1) is 22.9. The third-order valence-electron chi connectivity index (χ3n) is 11.2. The van der Waals surface area contributed by atoms with Gasteiger partial charge in [0.1, 0.15) is 0 Å². The summed E-state index contributed by atoms with van der Waals surface area (Å²) in [5.41, 5.74) is 2.85. The van der Waals surface area contributed by atoms with Crippen molar-refractivity contribution in [2.45, 2.75) is 119 Å². The van der Waals surface area contributed by atoms with Crippen LogP contribution in [0.1, 0.15) is 113 Å². The minimum Gasteiger partial charge on any atom is -0.393 e. The first-order valence-electron chi connectivity index (χ1n) is 13.4. The van der Waals surface area contributed by atoms with Crippen molar-refractivity contribution in [3.05, 3.63) is 11.6 Å². The standard InChI is InChI=1S/C29H50O/c1-19(2)9-8-10-20(3)22-12-13-23-21-11-14-25-27(4,5)26(30)16-18-29(25,7)24(21)15-17-28(22,23)6/h11,19-20,22-26,30H,8-10,12-18H2,1-7H3/t20-,22-,23+,24+,25+,26+,28?,29-/m1/s1. The van der Waals surface area contributed by atoms with Gasteiger partial charge >= 0.3 is 0 Å². The van der Waals surface area contributed by atoms with Crippen molar-refractivity contribution in [1.82, 2.24) is 0 Å². The van der Waals surface area contributed by atoms with Crippen molar-refractivity contribution in [3.63, 3.8) is 0 Å². The van der Waals surface area contributed by atoms with Crippen molar-refractivity contribution in [3.8, 4) is 0 Å². The molecule has 0 bridgehead atoms. The third-order valence-corrected chi connectivity index (χ3v) is 11.2. The topological polar surface area (TPSA) is 20.2 Å². The summed E-state index contributed by atoms with van der Waals surface area (Å²) in [4.78, 5) is 0. The molecule has 4 rings (SSSR count). The zero-order valence-electron chi connectivity index (χ0n) is 21.1. The highest BCUT2D eigenvalue weighted by atomic mass is 16.3. The summed E-state index contributed by atoms with van der Waals surface area (Å²) >= 11 is 0. The molecule has 0 saturated heterocycles. The highest BCUT2D eigenvalue weighted by Gasteiger charge is 2.61. The van der Waals surface area contributed by atoms with Gasteiger partial charge in [0.2, 0.25) is 0 Å². The Bertz CT molecular complexity index is 659. The van der Waals surface area contributed by atoms with E-state index >= 15 is 0 Å². The van der Waals surface area contributed by atoms with E-state index in [9.17, 15) is 5.11 Å². The van der Waals surface area contributed by atoms with Crippen molar-refractivity contribution < 1.29 is 5.11 Å². The van der Waals surface area contributed by atoms with Crippen molar-refractivity contribution in [2.24, 2.45) is 51.8 Å². The molecule has 1 heteroatoms. The van der Waals surface area contributed by atoms with E-state index in [4.69, 9.17) is 0 Å². The molecule has 0 aliphatic heterocycles. The molecule has 30 heavy (non-hydrogen) atoms. The maximum Gasteiger partial charge on any atom is 0.0594 e. The highest BCUT2D eigenvalue weighted by molar-refractivity contribution is 5.28. The fourth-order valence-corrected chi connectivity index (χ4v) is 9.33. The van der Waals surface area contributed by atoms with Crippen LogP contribution < -0.4 is 0 Å². The van der Waals surface area contributed by atoms with Gasteiger partial charge in [-0.1, -0.05) is 79.4 Å². The largest absolute Gasteiger partial charge is 0.393 e. The molecule has 0 amide bonds. The first-order valence-corrected chi connectivity index (χ1v) is 13.4. The highest BCUT2D eigenvalue weighted by Crippen LogP contribution is 2.68. The Morgan fingerprint density at radius 2 is 1.57 bits per heavy atom. The minimum atomic E-state index is -0.123. The summed E-state index contributed by atoms with van der Waals surface area (Å²) in [6.07, 6.45) is 16.0. The zero-order valence-corrected chi connectivity index (χ0v) is 21.1. The van der Waals surface area contributed by atoms with Crippen molar-refractivity contribution >= 4 is 0 Å². The fourth-order valence-electron chi connectivity index (χ4n) is 9.33. The van der Waals surface area contributed by atoms with E-state index in [1.807, 2.05) is 5.57 Å². The van der Waals surface area contributed by atoms with E-state index in [2.05, 4.69) is 54.5 Å². The molecular weight excluding hydrogens is 364 g/mol. The maximum absolute atomic E-state index is 10.8. The Hall–Kier alpha value is -0.300. The summed E-state index contributed by atoms with van der Waals surface area (Å²) in [5, 5.41) is 10.8. The molecule has 0 heterocycles. The van der Waals surface area contributed by atoms with Crippen LogP contribution >= 0.6 is 0 Å². The van der Waals surface area contributed by atoms with Crippen LogP contribution in [-0.2, 0) is 0 Å². The van der Waals surface area contributed by atoms with Crippen LogP contribution in [0.4, 0.5) is 0 Å². The molecule has 3 saturated carbocycles. The van der Waals surface area contributed by atoms with Crippen LogP contribution in [0.25, 0.3) is 0 Å². The van der Waals surface area contributed by atoms with Crippen LogP contribution in [0.2, 0.25) is 0 Å². The van der Waals surface area contributed by atoms with Gasteiger partial charge in [0, 0.05) is 0 Å². The second-order valence-electron chi connectivity index (χ2n) is 13.5. The van der Waals surface area contributed by atoms with Gasteiger partial charge in [0.15, 0.2) is 0 Å². The number of hydrogen-bond donors (Lipinski definition) is 1. The molecule has 0 radical (unpaired) electrons. The lowest BCUT2D eigenvalue weighted by atomic mass is 9.43. The Morgan fingerprint density at radius 1 is 0.900 bits per heavy atom. The van der Waals surface area contributed by atoms with Gasteiger partial charge in [-0.3, -0.25) is 0 Å². The Labute approximate surface area is 187 Å². The molecule has 0 aromatic heterocycles. The third kappa shape index (κ3) is 3.45. The quantitative estimate of drug-likeness (QED) is 0.451. The summed E-state index contributed by atoms with van der Waals surface area (Å²) in [7, 11) is 0. The van der Waals surface area contributed by atoms with Gasteiger partial charge < -0.3 is 5.11 Å². The second kappa shape index (κ2) is 7.93. The minimum absolute atomic E-state index is 0.0545. The molecule has 8 atom stereocenters. The molecule has 0 spiro atoms. The smallest absolute Gasteiger partial charge is 0.0594 e. The second-order valence-corrected chi connectivity index (χ2v) is 13.5. The van der Waals surface area contributed by atoms with Crippen LogP contribution in [0, 0.1) is 51.8 Å². The molecule has 1 N–H and O–H groups in total. The van der Waals surface area contributed by atoms with E-state index in [1.54, 1.807) is 0 Å². The molecule has 4 aliphatic rings. The summed E-state index contributed by atoms with van der Waals surface area (Å²) in [6.45, 7) is 17.3. The summed E-state index contributed by atoms with van der Waals surface area (Å²) in [6, 6.07) is 0. The van der Waals surface area contributed by atoms with E-state index < -0.39 is 0 Å². The molecule has 1 unspecified atom stereocenters. The lowest BCUT2D eigenvalue weighted by molar-refractivity contribution is -0.125. The van der Waals surface area contributed by atoms with Crippen LogP contribution in [0.3, 0.4) is 0 Å². The average molecular weight is 415 g/mol. The SMILES string of the molecule is CC(C)CCC[C@@H](C)[C@H]1CC[C@H]2C3=CC[C@H]4C(C)(C)[C@@H](O)CC[C@]4(C)[C@H]3CCC12C. The molecule has 1 nitrogen and oxygen atoms in total. The van der Waals surface area contributed by atoms with E-state index in [1.165, 1.54) is 57.8 Å². The number of aliphatic hydroxyl groups is 1. The van der Waals surface area contributed by atoms with E-state index in [0.29, 0.717) is 16.7 Å². The number of rotatable bonds is 5. The van der Waals surface area contributed by atoms with Gasteiger partial charge in [-0.15, -0.1) is 0 Å². The molecular formula is C29H50O.